The lowest BCUT2D eigenvalue weighted by atomic mass is 10.1. The van der Waals surface area contributed by atoms with Crippen molar-refractivity contribution >= 4 is 11.6 Å². The topological polar surface area (TPSA) is 34.1 Å². The van der Waals surface area contributed by atoms with Crippen LogP contribution in [0, 0.1) is 0 Å². The summed E-state index contributed by atoms with van der Waals surface area (Å²) in [6.07, 6.45) is 3.38. The number of rotatable bonds is 5. The average molecular weight is 277 g/mol. The summed E-state index contributed by atoms with van der Waals surface area (Å²) >= 11 is 6.29. The molecule has 2 rings (SSSR count). The predicted molar refractivity (Wildman–Crippen MR) is 77.9 cm³/mol. The average Bonchev–Trinajstić information content (AvgIpc) is 2.40. The van der Waals surface area contributed by atoms with Crippen molar-refractivity contribution in [2.45, 2.75) is 19.9 Å². The molecule has 4 heteroatoms. The highest BCUT2D eigenvalue weighted by Gasteiger charge is 2.09. The first-order chi connectivity index (χ1) is 9.20. The summed E-state index contributed by atoms with van der Waals surface area (Å²) in [5.41, 5.74) is 1.07. The molecule has 0 saturated carbocycles. The van der Waals surface area contributed by atoms with Gasteiger partial charge in [0.25, 0.3) is 0 Å². The molecule has 1 atom stereocenters. The van der Waals surface area contributed by atoms with Crippen molar-refractivity contribution in [3.63, 3.8) is 0 Å². The SMILES string of the molecule is CCNC(C)c1ccc(Oc2cccnc2)cc1Cl. The molecule has 0 aliphatic heterocycles. The van der Waals surface area contributed by atoms with Crippen molar-refractivity contribution in [3.8, 4) is 11.5 Å². The third-order valence-electron chi connectivity index (χ3n) is 2.82. The quantitative estimate of drug-likeness (QED) is 0.889. The molecule has 0 radical (unpaired) electrons. The van der Waals surface area contributed by atoms with Crippen molar-refractivity contribution in [1.29, 1.82) is 0 Å². The monoisotopic (exact) mass is 276 g/mol. The minimum Gasteiger partial charge on any atom is -0.456 e. The number of pyridine rings is 1. The standard InChI is InChI=1S/C15H17ClN2O/c1-3-18-11(2)14-7-6-12(9-15(14)16)19-13-5-4-8-17-10-13/h4-11,18H,3H2,1-2H3. The van der Waals surface area contributed by atoms with Crippen molar-refractivity contribution in [1.82, 2.24) is 10.3 Å². The van der Waals surface area contributed by atoms with Gasteiger partial charge in [-0.2, -0.15) is 0 Å². The van der Waals surface area contributed by atoms with Crippen molar-refractivity contribution in [3.05, 3.63) is 53.3 Å². The normalized spacial score (nSPS) is 12.2. The molecular weight excluding hydrogens is 260 g/mol. The van der Waals surface area contributed by atoms with Crippen LogP contribution >= 0.6 is 11.6 Å². The van der Waals surface area contributed by atoms with Gasteiger partial charge < -0.3 is 10.1 Å². The molecule has 0 spiro atoms. The number of hydrogen-bond acceptors (Lipinski definition) is 3. The Morgan fingerprint density at radius 1 is 1.32 bits per heavy atom. The molecule has 0 amide bonds. The van der Waals surface area contributed by atoms with Gasteiger partial charge in [0.1, 0.15) is 11.5 Å². The van der Waals surface area contributed by atoms with E-state index in [-0.39, 0.29) is 6.04 Å². The van der Waals surface area contributed by atoms with E-state index >= 15 is 0 Å². The maximum atomic E-state index is 6.29. The molecule has 0 aliphatic rings. The molecule has 1 aromatic carbocycles. The van der Waals surface area contributed by atoms with Gasteiger partial charge in [0.05, 0.1) is 6.20 Å². The van der Waals surface area contributed by atoms with Gasteiger partial charge in [0.15, 0.2) is 0 Å². The fourth-order valence-electron chi connectivity index (χ4n) is 1.88. The molecule has 3 nitrogen and oxygen atoms in total. The lowest BCUT2D eigenvalue weighted by Gasteiger charge is -2.15. The van der Waals surface area contributed by atoms with Crippen LogP contribution in [0.2, 0.25) is 5.02 Å². The van der Waals surface area contributed by atoms with Crippen LogP contribution < -0.4 is 10.1 Å². The van der Waals surface area contributed by atoms with Crippen molar-refractivity contribution < 1.29 is 4.74 Å². The molecule has 100 valence electrons. The van der Waals surface area contributed by atoms with Crippen LogP contribution in [0.4, 0.5) is 0 Å². The van der Waals surface area contributed by atoms with Crippen LogP contribution in [0.1, 0.15) is 25.5 Å². The van der Waals surface area contributed by atoms with E-state index in [0.29, 0.717) is 16.5 Å². The maximum absolute atomic E-state index is 6.29. The summed E-state index contributed by atoms with van der Waals surface area (Å²) in [6.45, 7) is 5.07. The Hall–Kier alpha value is -1.58. The van der Waals surface area contributed by atoms with Gasteiger partial charge in [0, 0.05) is 17.3 Å². The summed E-state index contributed by atoms with van der Waals surface area (Å²) in [7, 11) is 0. The number of ether oxygens (including phenoxy) is 1. The molecule has 19 heavy (non-hydrogen) atoms. The van der Waals surface area contributed by atoms with E-state index in [0.717, 1.165) is 12.1 Å². The zero-order chi connectivity index (χ0) is 13.7. The molecule has 1 aromatic heterocycles. The molecule has 1 unspecified atom stereocenters. The predicted octanol–water partition coefficient (Wildman–Crippen LogP) is 4.20. The zero-order valence-electron chi connectivity index (χ0n) is 11.1. The van der Waals surface area contributed by atoms with E-state index in [9.17, 15) is 0 Å². The number of nitrogens with one attached hydrogen (secondary N) is 1. The highest BCUT2D eigenvalue weighted by atomic mass is 35.5. The van der Waals surface area contributed by atoms with E-state index in [1.54, 1.807) is 12.4 Å². The van der Waals surface area contributed by atoms with Gasteiger partial charge in [-0.25, -0.2) is 0 Å². The fourth-order valence-corrected chi connectivity index (χ4v) is 2.22. The number of nitrogens with zero attached hydrogens (tertiary/aromatic N) is 1. The summed E-state index contributed by atoms with van der Waals surface area (Å²) < 4.78 is 5.69. The third-order valence-corrected chi connectivity index (χ3v) is 3.15. The second-order valence-corrected chi connectivity index (χ2v) is 4.66. The number of benzene rings is 1. The van der Waals surface area contributed by atoms with Crippen LogP contribution in [0.5, 0.6) is 11.5 Å². The van der Waals surface area contributed by atoms with E-state index in [4.69, 9.17) is 16.3 Å². The van der Waals surface area contributed by atoms with E-state index < -0.39 is 0 Å². The zero-order valence-corrected chi connectivity index (χ0v) is 11.8. The molecule has 1 N–H and O–H groups in total. The summed E-state index contributed by atoms with van der Waals surface area (Å²) in [6, 6.07) is 9.65. The Balaban J connectivity index is 2.15. The van der Waals surface area contributed by atoms with Gasteiger partial charge in [-0.15, -0.1) is 0 Å². The van der Waals surface area contributed by atoms with Crippen LogP contribution in [0.25, 0.3) is 0 Å². The Morgan fingerprint density at radius 3 is 2.79 bits per heavy atom. The first-order valence-electron chi connectivity index (χ1n) is 6.31. The Morgan fingerprint density at radius 2 is 2.16 bits per heavy atom. The second kappa shape index (κ2) is 6.55. The molecule has 1 heterocycles. The van der Waals surface area contributed by atoms with Gasteiger partial charge in [0.2, 0.25) is 0 Å². The van der Waals surface area contributed by atoms with E-state index in [2.05, 4.69) is 24.1 Å². The number of halogens is 1. The first-order valence-corrected chi connectivity index (χ1v) is 6.69. The molecule has 0 aliphatic carbocycles. The minimum absolute atomic E-state index is 0.227. The molecule has 0 bridgehead atoms. The van der Waals surface area contributed by atoms with Crippen LogP contribution in [-0.4, -0.2) is 11.5 Å². The summed E-state index contributed by atoms with van der Waals surface area (Å²) in [4.78, 5) is 4.01. The Bertz CT molecular complexity index is 531. The van der Waals surface area contributed by atoms with Gasteiger partial charge >= 0.3 is 0 Å². The highest BCUT2D eigenvalue weighted by Crippen LogP contribution is 2.29. The minimum atomic E-state index is 0.227. The van der Waals surface area contributed by atoms with Crippen LogP contribution in [0.3, 0.4) is 0 Å². The molecule has 0 saturated heterocycles. The molecule has 2 aromatic rings. The third kappa shape index (κ3) is 3.69. The molecule has 0 fully saturated rings. The largest absolute Gasteiger partial charge is 0.456 e. The lowest BCUT2D eigenvalue weighted by Crippen LogP contribution is -2.17. The Kier molecular flexibility index (Phi) is 4.77. The summed E-state index contributed by atoms with van der Waals surface area (Å²) in [5, 5.41) is 4.04. The maximum Gasteiger partial charge on any atom is 0.145 e. The van der Waals surface area contributed by atoms with Crippen molar-refractivity contribution in [2.75, 3.05) is 6.54 Å². The van der Waals surface area contributed by atoms with Gasteiger partial charge in [-0.1, -0.05) is 24.6 Å². The smallest absolute Gasteiger partial charge is 0.145 e. The first kappa shape index (κ1) is 13.8. The van der Waals surface area contributed by atoms with Gasteiger partial charge in [-0.05, 0) is 43.3 Å². The van der Waals surface area contributed by atoms with E-state index in [1.165, 1.54) is 0 Å². The van der Waals surface area contributed by atoms with Crippen LogP contribution in [0.15, 0.2) is 42.7 Å². The van der Waals surface area contributed by atoms with Gasteiger partial charge in [-0.3, -0.25) is 4.98 Å². The second-order valence-electron chi connectivity index (χ2n) is 4.25. The Labute approximate surface area is 118 Å². The van der Waals surface area contributed by atoms with Crippen molar-refractivity contribution in [2.24, 2.45) is 0 Å². The summed E-state index contributed by atoms with van der Waals surface area (Å²) in [5.74, 6) is 1.41. The number of aromatic nitrogens is 1. The fraction of sp³-hybridized carbons (Fsp3) is 0.267. The highest BCUT2D eigenvalue weighted by molar-refractivity contribution is 6.31. The van der Waals surface area contributed by atoms with Crippen LogP contribution in [-0.2, 0) is 0 Å². The molecular formula is C15H17ClN2O. The lowest BCUT2D eigenvalue weighted by molar-refractivity contribution is 0.479. The van der Waals surface area contributed by atoms with E-state index in [1.807, 2.05) is 30.3 Å². The number of hydrogen-bond donors (Lipinski definition) is 1.